The summed E-state index contributed by atoms with van der Waals surface area (Å²) in [6, 6.07) is 1.60. The molecule has 0 spiro atoms. The van der Waals surface area contributed by atoms with Crippen molar-refractivity contribution in [2.75, 3.05) is 7.05 Å². The van der Waals surface area contributed by atoms with Crippen LogP contribution in [0.25, 0.3) is 0 Å². The number of aromatic amines is 1. The van der Waals surface area contributed by atoms with Gasteiger partial charge in [-0.2, -0.15) is 5.10 Å². The Kier molecular flexibility index (Phi) is 3.50. The van der Waals surface area contributed by atoms with E-state index in [2.05, 4.69) is 15.2 Å². The molecule has 1 heterocycles. The van der Waals surface area contributed by atoms with E-state index < -0.39 is 28.9 Å². The molecule has 0 fully saturated rings. The van der Waals surface area contributed by atoms with Crippen LogP contribution in [0.1, 0.15) is 16.2 Å². The number of carbonyl (C=O) groups is 1. The molecule has 19 heavy (non-hydrogen) atoms. The standard InChI is InChI=1S/C11H9F3N4O/c1-18(4-8-15-5-16-17-8)11(19)6-2-3-7(12)10(14)9(6)13/h2-3,5H,4H2,1H3,(H,15,16,17). The molecule has 0 saturated carbocycles. The third-order valence-electron chi connectivity index (χ3n) is 2.46. The van der Waals surface area contributed by atoms with E-state index in [1.807, 2.05) is 0 Å². The van der Waals surface area contributed by atoms with Gasteiger partial charge in [0.15, 0.2) is 17.5 Å². The van der Waals surface area contributed by atoms with Crippen LogP contribution >= 0.6 is 0 Å². The third-order valence-corrected chi connectivity index (χ3v) is 2.46. The molecule has 2 rings (SSSR count). The zero-order chi connectivity index (χ0) is 14.0. The summed E-state index contributed by atoms with van der Waals surface area (Å²) in [5, 5.41) is 6.12. The van der Waals surface area contributed by atoms with E-state index >= 15 is 0 Å². The van der Waals surface area contributed by atoms with Crippen LogP contribution < -0.4 is 0 Å². The number of hydrogen-bond acceptors (Lipinski definition) is 3. The Morgan fingerprint density at radius 2 is 2.05 bits per heavy atom. The molecule has 0 atom stereocenters. The van der Waals surface area contributed by atoms with Crippen molar-refractivity contribution >= 4 is 5.91 Å². The third kappa shape index (κ3) is 2.56. The second-order valence-electron chi connectivity index (χ2n) is 3.82. The van der Waals surface area contributed by atoms with Gasteiger partial charge in [-0.3, -0.25) is 9.89 Å². The van der Waals surface area contributed by atoms with E-state index in [0.29, 0.717) is 11.9 Å². The van der Waals surface area contributed by atoms with Crippen LogP contribution in [-0.2, 0) is 6.54 Å². The number of hydrogen-bond donors (Lipinski definition) is 1. The fourth-order valence-corrected chi connectivity index (χ4v) is 1.50. The molecule has 8 heteroatoms. The van der Waals surface area contributed by atoms with Crippen molar-refractivity contribution < 1.29 is 18.0 Å². The maximum Gasteiger partial charge on any atom is 0.257 e. The monoisotopic (exact) mass is 270 g/mol. The van der Waals surface area contributed by atoms with E-state index in [-0.39, 0.29) is 6.54 Å². The normalized spacial score (nSPS) is 10.5. The lowest BCUT2D eigenvalue weighted by atomic mass is 10.1. The highest BCUT2D eigenvalue weighted by Gasteiger charge is 2.21. The molecular formula is C11H9F3N4O. The Morgan fingerprint density at radius 3 is 2.68 bits per heavy atom. The Morgan fingerprint density at radius 1 is 1.32 bits per heavy atom. The van der Waals surface area contributed by atoms with Gasteiger partial charge in [-0.15, -0.1) is 0 Å². The molecule has 100 valence electrons. The SMILES string of the molecule is CN(Cc1ncn[nH]1)C(=O)c1ccc(F)c(F)c1F. The summed E-state index contributed by atoms with van der Waals surface area (Å²) in [7, 11) is 1.38. The minimum atomic E-state index is -1.67. The Bertz CT molecular complexity index is 600. The van der Waals surface area contributed by atoms with Crippen LogP contribution in [-0.4, -0.2) is 33.0 Å². The van der Waals surface area contributed by atoms with Crippen LogP contribution in [0.3, 0.4) is 0 Å². The highest BCUT2D eigenvalue weighted by Crippen LogP contribution is 2.17. The Labute approximate surface area is 106 Å². The molecule has 0 aliphatic heterocycles. The van der Waals surface area contributed by atoms with Gasteiger partial charge in [0.1, 0.15) is 12.2 Å². The molecule has 1 aromatic heterocycles. The first kappa shape index (κ1) is 13.1. The minimum Gasteiger partial charge on any atom is -0.334 e. The van der Waals surface area contributed by atoms with Crippen LogP contribution in [0.4, 0.5) is 13.2 Å². The molecule has 1 N–H and O–H groups in total. The number of nitrogens with one attached hydrogen (secondary N) is 1. The average molecular weight is 270 g/mol. The first-order valence-electron chi connectivity index (χ1n) is 5.24. The maximum absolute atomic E-state index is 13.5. The molecule has 0 bridgehead atoms. The number of H-pyrrole nitrogens is 1. The maximum atomic E-state index is 13.5. The van der Waals surface area contributed by atoms with Gasteiger partial charge in [-0.25, -0.2) is 18.2 Å². The lowest BCUT2D eigenvalue weighted by Gasteiger charge is -2.16. The number of carbonyl (C=O) groups excluding carboxylic acids is 1. The summed E-state index contributed by atoms with van der Waals surface area (Å²) in [6.07, 6.45) is 1.26. The van der Waals surface area contributed by atoms with Gasteiger partial charge in [-0.1, -0.05) is 0 Å². The second kappa shape index (κ2) is 5.09. The predicted molar refractivity (Wildman–Crippen MR) is 58.5 cm³/mol. The Balaban J connectivity index is 2.22. The molecule has 1 amide bonds. The van der Waals surface area contributed by atoms with Crippen molar-refractivity contribution in [2.45, 2.75) is 6.54 Å². The van der Waals surface area contributed by atoms with Crippen LogP contribution in [0.15, 0.2) is 18.5 Å². The minimum absolute atomic E-state index is 0.0390. The summed E-state index contributed by atoms with van der Waals surface area (Å²) < 4.78 is 39.3. The number of nitrogens with zero attached hydrogens (tertiary/aromatic N) is 3. The van der Waals surface area contributed by atoms with E-state index in [9.17, 15) is 18.0 Å². The average Bonchev–Trinajstić information content (AvgIpc) is 2.88. The van der Waals surface area contributed by atoms with Gasteiger partial charge >= 0.3 is 0 Å². The molecular weight excluding hydrogens is 261 g/mol. The zero-order valence-electron chi connectivity index (χ0n) is 9.82. The van der Waals surface area contributed by atoms with E-state index in [1.54, 1.807) is 0 Å². The summed E-state index contributed by atoms with van der Waals surface area (Å²) >= 11 is 0. The van der Waals surface area contributed by atoms with E-state index in [4.69, 9.17) is 0 Å². The first-order chi connectivity index (χ1) is 9.00. The van der Waals surface area contributed by atoms with Crippen molar-refractivity contribution in [3.63, 3.8) is 0 Å². The lowest BCUT2D eigenvalue weighted by molar-refractivity contribution is 0.0775. The van der Waals surface area contributed by atoms with E-state index in [0.717, 1.165) is 11.0 Å². The summed E-state index contributed by atoms with van der Waals surface area (Å²) in [5.41, 5.74) is -0.541. The number of amides is 1. The Hall–Kier alpha value is -2.38. The van der Waals surface area contributed by atoms with Gasteiger partial charge in [0.25, 0.3) is 5.91 Å². The largest absolute Gasteiger partial charge is 0.334 e. The fraction of sp³-hybridized carbons (Fsp3) is 0.182. The van der Waals surface area contributed by atoms with Gasteiger partial charge in [-0.05, 0) is 12.1 Å². The molecule has 2 aromatic rings. The molecule has 0 unspecified atom stereocenters. The van der Waals surface area contributed by atoms with Gasteiger partial charge in [0, 0.05) is 7.05 Å². The van der Waals surface area contributed by atoms with Crippen molar-refractivity contribution in [3.8, 4) is 0 Å². The molecule has 5 nitrogen and oxygen atoms in total. The molecule has 0 radical (unpaired) electrons. The number of aromatic nitrogens is 3. The van der Waals surface area contributed by atoms with Crippen LogP contribution in [0.5, 0.6) is 0 Å². The first-order valence-corrected chi connectivity index (χ1v) is 5.24. The smallest absolute Gasteiger partial charge is 0.257 e. The van der Waals surface area contributed by atoms with Crippen molar-refractivity contribution in [1.82, 2.24) is 20.1 Å². The quantitative estimate of drug-likeness (QED) is 0.860. The summed E-state index contributed by atoms with van der Waals surface area (Å²) in [6.45, 7) is 0.0390. The fourth-order valence-electron chi connectivity index (χ4n) is 1.50. The highest BCUT2D eigenvalue weighted by atomic mass is 19.2. The van der Waals surface area contributed by atoms with Crippen molar-refractivity contribution in [1.29, 1.82) is 0 Å². The summed E-state index contributed by atoms with van der Waals surface area (Å²) in [4.78, 5) is 16.8. The van der Waals surface area contributed by atoms with Crippen LogP contribution in [0, 0.1) is 17.5 Å². The highest BCUT2D eigenvalue weighted by molar-refractivity contribution is 5.94. The zero-order valence-corrected chi connectivity index (χ0v) is 9.82. The van der Waals surface area contributed by atoms with Crippen molar-refractivity contribution in [3.05, 3.63) is 47.3 Å². The molecule has 0 saturated heterocycles. The van der Waals surface area contributed by atoms with Gasteiger partial charge in [0.2, 0.25) is 0 Å². The number of rotatable bonds is 3. The topological polar surface area (TPSA) is 61.9 Å². The lowest BCUT2D eigenvalue weighted by Crippen LogP contribution is -2.28. The number of halogens is 3. The molecule has 1 aromatic carbocycles. The summed E-state index contributed by atoms with van der Waals surface area (Å²) in [5.74, 6) is -4.91. The molecule has 0 aliphatic rings. The van der Waals surface area contributed by atoms with Crippen LogP contribution in [0.2, 0.25) is 0 Å². The predicted octanol–water partition coefficient (Wildman–Crippen LogP) is 1.49. The van der Waals surface area contributed by atoms with Crippen molar-refractivity contribution in [2.24, 2.45) is 0 Å². The van der Waals surface area contributed by atoms with E-state index in [1.165, 1.54) is 13.4 Å². The molecule has 0 aliphatic carbocycles. The number of benzene rings is 1. The van der Waals surface area contributed by atoms with Gasteiger partial charge < -0.3 is 4.90 Å². The second-order valence-corrected chi connectivity index (χ2v) is 3.82. The van der Waals surface area contributed by atoms with Gasteiger partial charge in [0.05, 0.1) is 12.1 Å².